The molecule has 2 N–H and O–H groups in total. The van der Waals surface area contributed by atoms with Crippen molar-refractivity contribution in [2.45, 2.75) is 92.9 Å². The van der Waals surface area contributed by atoms with E-state index in [-0.39, 0.29) is 24.8 Å². The summed E-state index contributed by atoms with van der Waals surface area (Å²) in [5.41, 5.74) is 5.87. The Balaban J connectivity index is 0. The molecule has 2 nitrogen and oxygen atoms in total. The summed E-state index contributed by atoms with van der Waals surface area (Å²) in [5, 5.41) is 7.34. The molecular weight excluding hydrogens is 435 g/mol. The third-order valence-corrected chi connectivity index (χ3v) is 6.20. The number of allylic oxidation sites excluding steroid dienone is 6. The summed E-state index contributed by atoms with van der Waals surface area (Å²) in [6.07, 6.45) is 19.7. The van der Waals surface area contributed by atoms with Crippen molar-refractivity contribution in [3.05, 3.63) is 46.6 Å². The topological polar surface area (TPSA) is 24.1 Å². The first kappa shape index (κ1) is 33.6. The average Bonchev–Trinajstić information content (AvgIpc) is 2.69. The fourth-order valence-corrected chi connectivity index (χ4v) is 4.09. The number of hydrogen-bond donors (Lipinski definition) is 2. The molecule has 0 aliphatic heterocycles. The number of hydrogen-bond acceptors (Lipinski definition) is 2. The molecule has 0 aromatic rings. The highest BCUT2D eigenvalue weighted by Crippen LogP contribution is 2.27. The Morgan fingerprint density at radius 1 is 0.594 bits per heavy atom. The van der Waals surface area contributed by atoms with Crippen LogP contribution in [0.3, 0.4) is 0 Å². The Morgan fingerprint density at radius 2 is 0.938 bits per heavy atom. The highest BCUT2D eigenvalue weighted by molar-refractivity contribution is 5.85. The smallest absolute Gasteiger partial charge is 0.0137 e. The second kappa shape index (κ2) is 21.0. The summed E-state index contributed by atoms with van der Waals surface area (Å²) < 4.78 is 0. The van der Waals surface area contributed by atoms with Crippen molar-refractivity contribution in [3.8, 4) is 0 Å². The number of halogens is 2. The fraction of sp³-hybridized carbons (Fsp3) is 0.714. The van der Waals surface area contributed by atoms with Gasteiger partial charge in [0.2, 0.25) is 0 Å². The molecule has 188 valence electrons. The summed E-state index contributed by atoms with van der Waals surface area (Å²) >= 11 is 0. The van der Waals surface area contributed by atoms with Crippen LogP contribution >= 0.6 is 24.8 Å². The van der Waals surface area contributed by atoms with Crippen molar-refractivity contribution < 1.29 is 0 Å². The Kier molecular flexibility index (Phi) is 22.1. The predicted octanol–water partition coefficient (Wildman–Crippen LogP) is 8.20. The molecule has 0 saturated heterocycles. The number of rotatable bonds is 14. The van der Waals surface area contributed by atoms with Crippen LogP contribution in [0.5, 0.6) is 0 Å². The molecule has 4 heteroatoms. The molecule has 0 radical (unpaired) electrons. The van der Waals surface area contributed by atoms with Crippen molar-refractivity contribution in [2.24, 2.45) is 11.8 Å². The zero-order valence-electron chi connectivity index (χ0n) is 21.8. The van der Waals surface area contributed by atoms with Gasteiger partial charge in [-0.25, -0.2) is 0 Å². The number of nitrogens with one attached hydrogen (secondary N) is 2. The van der Waals surface area contributed by atoms with Gasteiger partial charge in [0.1, 0.15) is 0 Å². The van der Waals surface area contributed by atoms with Gasteiger partial charge in [0.25, 0.3) is 0 Å². The largest absolute Gasteiger partial charge is 0.313 e. The summed E-state index contributed by atoms with van der Waals surface area (Å²) in [6.45, 7) is 17.7. The Labute approximate surface area is 212 Å². The SMILES string of the molecule is CC(C)=CCC/C(C)=C\CNCC1CCC(CNC/C=C(/C)CCC=C(C)C)CC1.Cl.Cl. The molecule has 0 unspecified atom stereocenters. The van der Waals surface area contributed by atoms with Gasteiger partial charge in [0.05, 0.1) is 0 Å². The van der Waals surface area contributed by atoms with E-state index >= 15 is 0 Å². The first-order valence-electron chi connectivity index (χ1n) is 12.4. The first-order valence-corrected chi connectivity index (χ1v) is 12.4. The van der Waals surface area contributed by atoms with Crippen LogP contribution in [0.15, 0.2) is 46.6 Å². The minimum Gasteiger partial charge on any atom is -0.313 e. The average molecular weight is 488 g/mol. The summed E-state index contributed by atoms with van der Waals surface area (Å²) in [5.74, 6) is 1.75. The Hall–Kier alpha value is -0.540. The molecule has 1 rings (SSSR count). The van der Waals surface area contributed by atoms with Gasteiger partial charge >= 0.3 is 0 Å². The Bertz CT molecular complexity index is 522. The first-order chi connectivity index (χ1) is 14.4. The molecule has 0 aromatic heterocycles. The van der Waals surface area contributed by atoms with Gasteiger partial charge in [0, 0.05) is 13.1 Å². The maximum Gasteiger partial charge on any atom is 0.0137 e. The molecule has 0 heterocycles. The summed E-state index contributed by atoms with van der Waals surface area (Å²) in [7, 11) is 0. The lowest BCUT2D eigenvalue weighted by Gasteiger charge is -2.28. The molecule has 1 saturated carbocycles. The van der Waals surface area contributed by atoms with Crippen molar-refractivity contribution in [1.82, 2.24) is 10.6 Å². The maximum atomic E-state index is 3.67. The van der Waals surface area contributed by atoms with E-state index in [1.165, 1.54) is 86.7 Å². The van der Waals surface area contributed by atoms with Gasteiger partial charge < -0.3 is 10.6 Å². The minimum atomic E-state index is 0. The van der Waals surface area contributed by atoms with Crippen LogP contribution in [-0.4, -0.2) is 26.2 Å². The molecule has 0 amide bonds. The van der Waals surface area contributed by atoms with Crippen molar-refractivity contribution in [1.29, 1.82) is 0 Å². The lowest BCUT2D eigenvalue weighted by atomic mass is 9.82. The van der Waals surface area contributed by atoms with Gasteiger partial charge in [-0.2, -0.15) is 0 Å². The molecule has 1 fully saturated rings. The maximum absolute atomic E-state index is 3.67. The summed E-state index contributed by atoms with van der Waals surface area (Å²) in [4.78, 5) is 0. The molecule has 32 heavy (non-hydrogen) atoms. The lowest BCUT2D eigenvalue weighted by molar-refractivity contribution is 0.265. The van der Waals surface area contributed by atoms with Crippen LogP contribution in [0.25, 0.3) is 0 Å². The zero-order chi connectivity index (χ0) is 22.2. The Morgan fingerprint density at radius 3 is 1.25 bits per heavy atom. The van der Waals surface area contributed by atoms with Crippen LogP contribution in [-0.2, 0) is 0 Å². The monoisotopic (exact) mass is 486 g/mol. The van der Waals surface area contributed by atoms with E-state index in [4.69, 9.17) is 0 Å². The van der Waals surface area contributed by atoms with Gasteiger partial charge in [-0.3, -0.25) is 0 Å². The van der Waals surface area contributed by atoms with Gasteiger partial charge in [-0.05, 0) is 118 Å². The molecule has 1 aliphatic rings. The summed E-state index contributed by atoms with van der Waals surface area (Å²) in [6, 6.07) is 0. The molecule has 0 spiro atoms. The standard InChI is InChI=1S/C28H50N2.2ClH/c1-23(2)9-7-11-25(5)17-19-29-21-27-13-15-28(16-14-27)22-30-20-18-26(6)12-8-10-24(3)4;;/h9-10,17-18,27-30H,7-8,11-16,19-22H2,1-6H3;2*1H/b25-17-,26-18-;;. The second-order valence-corrected chi connectivity index (χ2v) is 9.94. The van der Waals surface area contributed by atoms with E-state index in [1.54, 1.807) is 0 Å². The lowest BCUT2D eigenvalue weighted by Crippen LogP contribution is -2.30. The fourth-order valence-electron chi connectivity index (χ4n) is 4.09. The van der Waals surface area contributed by atoms with Gasteiger partial charge in [0.15, 0.2) is 0 Å². The molecule has 0 atom stereocenters. The highest BCUT2D eigenvalue weighted by Gasteiger charge is 2.20. The van der Waals surface area contributed by atoms with Crippen LogP contribution in [0.4, 0.5) is 0 Å². The quantitative estimate of drug-likeness (QED) is 0.191. The van der Waals surface area contributed by atoms with E-state index in [0.717, 1.165) is 24.9 Å². The van der Waals surface area contributed by atoms with Crippen LogP contribution in [0, 0.1) is 11.8 Å². The van der Waals surface area contributed by atoms with E-state index in [9.17, 15) is 0 Å². The molecule has 1 aliphatic carbocycles. The third kappa shape index (κ3) is 19.0. The second-order valence-electron chi connectivity index (χ2n) is 9.94. The minimum absolute atomic E-state index is 0. The van der Waals surface area contributed by atoms with E-state index in [1.807, 2.05) is 0 Å². The van der Waals surface area contributed by atoms with E-state index in [0.29, 0.717) is 0 Å². The highest BCUT2D eigenvalue weighted by atomic mass is 35.5. The van der Waals surface area contributed by atoms with Crippen molar-refractivity contribution >= 4 is 24.8 Å². The van der Waals surface area contributed by atoms with Crippen LogP contribution in [0.1, 0.15) is 92.9 Å². The predicted molar refractivity (Wildman–Crippen MR) is 151 cm³/mol. The van der Waals surface area contributed by atoms with Crippen molar-refractivity contribution in [2.75, 3.05) is 26.2 Å². The molecule has 0 aromatic carbocycles. The van der Waals surface area contributed by atoms with Crippen molar-refractivity contribution in [3.63, 3.8) is 0 Å². The van der Waals surface area contributed by atoms with E-state index < -0.39 is 0 Å². The molecule has 0 bridgehead atoms. The molecular formula is C28H52Cl2N2. The van der Waals surface area contributed by atoms with Gasteiger partial charge in [-0.1, -0.05) is 46.6 Å². The normalized spacial score (nSPS) is 18.9. The van der Waals surface area contributed by atoms with Crippen LogP contribution < -0.4 is 10.6 Å². The third-order valence-electron chi connectivity index (χ3n) is 6.20. The van der Waals surface area contributed by atoms with E-state index in [2.05, 4.69) is 76.5 Å². The zero-order valence-corrected chi connectivity index (χ0v) is 23.4. The van der Waals surface area contributed by atoms with Gasteiger partial charge in [-0.15, -0.1) is 24.8 Å². The van der Waals surface area contributed by atoms with Crippen LogP contribution in [0.2, 0.25) is 0 Å².